The monoisotopic (exact) mass is 233 g/mol. The van der Waals surface area contributed by atoms with E-state index < -0.39 is 0 Å². The van der Waals surface area contributed by atoms with E-state index in [4.69, 9.17) is 4.74 Å². The van der Waals surface area contributed by atoms with Crippen LogP contribution in [0.15, 0.2) is 23.0 Å². The first kappa shape index (κ1) is 10.4. The second-order valence-electron chi connectivity index (χ2n) is 4.37. The molecule has 2 aromatic rings. The van der Waals surface area contributed by atoms with E-state index in [1.807, 2.05) is 18.2 Å². The Labute approximate surface area is 98.4 Å². The molecule has 0 spiro atoms. The maximum absolute atomic E-state index is 11.6. The molecule has 1 aromatic heterocycles. The second kappa shape index (κ2) is 3.92. The minimum Gasteiger partial charge on any atom is -0.487 e. The molecule has 1 aliphatic rings. The Morgan fingerprint density at radius 1 is 1.47 bits per heavy atom. The fourth-order valence-corrected chi connectivity index (χ4v) is 2.27. The van der Waals surface area contributed by atoms with Crippen LogP contribution in [0.1, 0.15) is 6.42 Å². The summed E-state index contributed by atoms with van der Waals surface area (Å²) in [6.45, 7) is 1.86. The predicted molar refractivity (Wildman–Crippen MR) is 65.4 cm³/mol. The van der Waals surface area contributed by atoms with Crippen molar-refractivity contribution in [1.29, 1.82) is 0 Å². The van der Waals surface area contributed by atoms with Gasteiger partial charge in [-0.3, -0.25) is 4.57 Å². The minimum atomic E-state index is -0.111. The maximum atomic E-state index is 11.6. The van der Waals surface area contributed by atoms with Gasteiger partial charge in [0.15, 0.2) is 0 Å². The lowest BCUT2D eigenvalue weighted by Crippen LogP contribution is -2.20. The SMILES string of the molecule is Cn1c(=O)[nH]c2cccc(OC3CCNC3)c21. The molecule has 1 atom stereocenters. The Balaban J connectivity index is 2.05. The van der Waals surface area contributed by atoms with Crippen molar-refractivity contribution in [3.05, 3.63) is 28.7 Å². The quantitative estimate of drug-likeness (QED) is 0.799. The van der Waals surface area contributed by atoms with Crippen molar-refractivity contribution in [1.82, 2.24) is 14.9 Å². The largest absolute Gasteiger partial charge is 0.487 e. The van der Waals surface area contributed by atoms with E-state index in [-0.39, 0.29) is 11.8 Å². The first-order valence-electron chi connectivity index (χ1n) is 5.81. The normalized spacial score (nSPS) is 19.9. The summed E-state index contributed by atoms with van der Waals surface area (Å²) in [5, 5.41) is 3.26. The zero-order valence-electron chi connectivity index (χ0n) is 9.69. The highest BCUT2D eigenvalue weighted by Crippen LogP contribution is 2.24. The Morgan fingerprint density at radius 2 is 2.35 bits per heavy atom. The van der Waals surface area contributed by atoms with Gasteiger partial charge in [-0.25, -0.2) is 4.79 Å². The van der Waals surface area contributed by atoms with Gasteiger partial charge < -0.3 is 15.0 Å². The zero-order chi connectivity index (χ0) is 11.8. The zero-order valence-corrected chi connectivity index (χ0v) is 9.69. The van der Waals surface area contributed by atoms with Crippen LogP contribution in [0.5, 0.6) is 5.75 Å². The van der Waals surface area contributed by atoms with Gasteiger partial charge in [0.05, 0.1) is 5.52 Å². The Morgan fingerprint density at radius 3 is 3.12 bits per heavy atom. The van der Waals surface area contributed by atoms with Gasteiger partial charge in [0.25, 0.3) is 0 Å². The molecule has 0 aliphatic carbocycles. The van der Waals surface area contributed by atoms with Gasteiger partial charge in [-0.05, 0) is 25.1 Å². The Bertz CT molecular complexity index is 593. The first-order chi connectivity index (χ1) is 8.25. The molecule has 5 heteroatoms. The van der Waals surface area contributed by atoms with Crippen molar-refractivity contribution >= 4 is 11.0 Å². The average Bonchev–Trinajstić information content (AvgIpc) is 2.90. The molecular formula is C12H15N3O2. The van der Waals surface area contributed by atoms with E-state index in [1.54, 1.807) is 11.6 Å². The molecular weight excluding hydrogens is 218 g/mol. The van der Waals surface area contributed by atoms with E-state index in [0.29, 0.717) is 0 Å². The van der Waals surface area contributed by atoms with Crippen molar-refractivity contribution in [3.63, 3.8) is 0 Å². The van der Waals surface area contributed by atoms with Crippen LogP contribution in [0.2, 0.25) is 0 Å². The Kier molecular flexibility index (Phi) is 2.40. The Hall–Kier alpha value is -1.75. The van der Waals surface area contributed by atoms with Crippen LogP contribution in [0, 0.1) is 0 Å². The van der Waals surface area contributed by atoms with Crippen molar-refractivity contribution in [3.8, 4) is 5.75 Å². The number of aromatic nitrogens is 2. The number of imidazole rings is 1. The van der Waals surface area contributed by atoms with Crippen LogP contribution in [0.4, 0.5) is 0 Å². The number of aryl methyl sites for hydroxylation is 1. The van der Waals surface area contributed by atoms with Gasteiger partial charge in [-0.1, -0.05) is 6.07 Å². The summed E-state index contributed by atoms with van der Waals surface area (Å²) < 4.78 is 7.53. The van der Waals surface area contributed by atoms with Crippen molar-refractivity contribution in [2.24, 2.45) is 7.05 Å². The third-order valence-corrected chi connectivity index (χ3v) is 3.19. The number of ether oxygens (including phenoxy) is 1. The van der Waals surface area contributed by atoms with Crippen LogP contribution >= 0.6 is 0 Å². The number of aromatic amines is 1. The molecule has 17 heavy (non-hydrogen) atoms. The number of benzene rings is 1. The van der Waals surface area contributed by atoms with Crippen molar-refractivity contribution in [2.75, 3.05) is 13.1 Å². The average molecular weight is 233 g/mol. The van der Waals surface area contributed by atoms with Crippen molar-refractivity contribution < 1.29 is 4.74 Å². The lowest BCUT2D eigenvalue weighted by molar-refractivity contribution is 0.225. The molecule has 1 aromatic carbocycles. The van der Waals surface area contributed by atoms with Crippen LogP contribution in [-0.2, 0) is 7.05 Å². The van der Waals surface area contributed by atoms with Crippen LogP contribution < -0.4 is 15.7 Å². The third-order valence-electron chi connectivity index (χ3n) is 3.19. The molecule has 1 aliphatic heterocycles. The topological polar surface area (TPSA) is 59.0 Å². The smallest absolute Gasteiger partial charge is 0.326 e. The van der Waals surface area contributed by atoms with Crippen LogP contribution in [0.25, 0.3) is 11.0 Å². The fourth-order valence-electron chi connectivity index (χ4n) is 2.27. The van der Waals surface area contributed by atoms with Gasteiger partial charge in [0, 0.05) is 13.6 Å². The third kappa shape index (κ3) is 1.72. The van der Waals surface area contributed by atoms with Gasteiger partial charge in [-0.15, -0.1) is 0 Å². The number of fused-ring (bicyclic) bond motifs is 1. The molecule has 1 fully saturated rings. The van der Waals surface area contributed by atoms with Gasteiger partial charge in [0.1, 0.15) is 17.4 Å². The summed E-state index contributed by atoms with van der Waals surface area (Å²) >= 11 is 0. The molecule has 1 saturated heterocycles. The van der Waals surface area contributed by atoms with Crippen LogP contribution in [-0.4, -0.2) is 28.7 Å². The maximum Gasteiger partial charge on any atom is 0.326 e. The van der Waals surface area contributed by atoms with Gasteiger partial charge >= 0.3 is 5.69 Å². The number of hydrogen-bond acceptors (Lipinski definition) is 3. The van der Waals surface area contributed by atoms with E-state index in [1.165, 1.54) is 0 Å². The summed E-state index contributed by atoms with van der Waals surface area (Å²) in [6, 6.07) is 5.69. The standard InChI is InChI=1S/C12H15N3O2/c1-15-11-9(14-12(15)16)3-2-4-10(11)17-8-5-6-13-7-8/h2-4,8,13H,5-7H2,1H3,(H,14,16). The minimum absolute atomic E-state index is 0.111. The molecule has 0 saturated carbocycles. The number of hydrogen-bond donors (Lipinski definition) is 2. The summed E-state index contributed by atoms with van der Waals surface area (Å²) in [5.74, 6) is 0.775. The van der Waals surface area contributed by atoms with E-state index >= 15 is 0 Å². The molecule has 5 nitrogen and oxygen atoms in total. The molecule has 90 valence electrons. The lowest BCUT2D eigenvalue weighted by atomic mass is 10.2. The van der Waals surface area contributed by atoms with Gasteiger partial charge in [0.2, 0.25) is 0 Å². The lowest BCUT2D eigenvalue weighted by Gasteiger charge is -2.13. The number of nitrogens with one attached hydrogen (secondary N) is 2. The second-order valence-corrected chi connectivity index (χ2v) is 4.37. The summed E-state index contributed by atoms with van der Waals surface area (Å²) in [7, 11) is 1.75. The van der Waals surface area contributed by atoms with Crippen molar-refractivity contribution in [2.45, 2.75) is 12.5 Å². The molecule has 2 N–H and O–H groups in total. The highest BCUT2D eigenvalue weighted by Gasteiger charge is 2.18. The molecule has 0 bridgehead atoms. The molecule has 1 unspecified atom stereocenters. The number of rotatable bonds is 2. The molecule has 3 rings (SSSR count). The highest BCUT2D eigenvalue weighted by atomic mass is 16.5. The van der Waals surface area contributed by atoms with E-state index in [2.05, 4.69) is 10.3 Å². The number of para-hydroxylation sites is 1. The first-order valence-corrected chi connectivity index (χ1v) is 5.81. The molecule has 0 amide bonds. The van der Waals surface area contributed by atoms with Gasteiger partial charge in [-0.2, -0.15) is 0 Å². The van der Waals surface area contributed by atoms with Crippen LogP contribution in [0.3, 0.4) is 0 Å². The molecule has 0 radical (unpaired) electrons. The molecule has 2 heterocycles. The van der Waals surface area contributed by atoms with E-state index in [9.17, 15) is 4.79 Å². The number of nitrogens with zero attached hydrogens (tertiary/aromatic N) is 1. The van der Waals surface area contributed by atoms with E-state index in [0.717, 1.165) is 36.3 Å². The fraction of sp³-hybridized carbons (Fsp3) is 0.417. The summed E-state index contributed by atoms with van der Waals surface area (Å²) in [5.41, 5.74) is 1.55. The summed E-state index contributed by atoms with van der Waals surface area (Å²) in [6.07, 6.45) is 1.21. The number of H-pyrrole nitrogens is 1. The predicted octanol–water partition coefficient (Wildman–Crippen LogP) is 0.607. The summed E-state index contributed by atoms with van der Waals surface area (Å²) in [4.78, 5) is 14.4. The highest BCUT2D eigenvalue weighted by molar-refractivity contribution is 5.81.